The number of carboxylic acids is 1. The maximum atomic E-state index is 10.7. The van der Waals surface area contributed by atoms with Crippen LogP contribution < -0.4 is 9.47 Å². The number of benzene rings is 1. The number of ether oxygens (including phenoxy) is 2. The minimum atomic E-state index is -1.12. The van der Waals surface area contributed by atoms with Crippen LogP contribution in [0.3, 0.4) is 0 Å². The van der Waals surface area contributed by atoms with Crippen molar-refractivity contribution in [3.63, 3.8) is 0 Å². The molecule has 2 aromatic rings. The van der Waals surface area contributed by atoms with E-state index in [0.717, 1.165) is 0 Å². The number of carboxylic acid groups (broad SMARTS) is 1. The molecule has 6 nitrogen and oxygen atoms in total. The van der Waals surface area contributed by atoms with Crippen molar-refractivity contribution in [1.29, 1.82) is 0 Å². The Morgan fingerprint density at radius 1 is 1.17 bits per heavy atom. The number of fused-ring (bicyclic) bond motifs is 1. The maximum Gasteiger partial charge on any atom is 0.358 e. The second-order valence-electron chi connectivity index (χ2n) is 3.74. The lowest BCUT2D eigenvalue weighted by Crippen LogP contribution is -2.15. The monoisotopic (exact) mass is 247 g/mol. The molecule has 1 N–H and O–H groups in total. The summed E-state index contributed by atoms with van der Waals surface area (Å²) in [5.41, 5.74) is 0.569. The molecule has 0 atom stereocenters. The molecule has 3 rings (SSSR count). The summed E-state index contributed by atoms with van der Waals surface area (Å²) in [5.74, 6) is 0.543. The second kappa shape index (κ2) is 4.06. The molecule has 1 aliphatic heterocycles. The van der Waals surface area contributed by atoms with Gasteiger partial charge in [-0.05, 0) is 18.2 Å². The highest BCUT2D eigenvalue weighted by Crippen LogP contribution is 2.34. The van der Waals surface area contributed by atoms with Crippen LogP contribution in [-0.2, 0) is 0 Å². The van der Waals surface area contributed by atoms with Crippen LogP contribution in [0.2, 0.25) is 0 Å². The van der Waals surface area contributed by atoms with Gasteiger partial charge in [-0.25, -0.2) is 4.79 Å². The van der Waals surface area contributed by atoms with Gasteiger partial charge in [-0.15, -0.1) is 0 Å². The van der Waals surface area contributed by atoms with Gasteiger partial charge in [-0.1, -0.05) is 5.16 Å². The Morgan fingerprint density at radius 3 is 2.67 bits per heavy atom. The van der Waals surface area contributed by atoms with E-state index in [4.69, 9.17) is 19.1 Å². The molecule has 18 heavy (non-hydrogen) atoms. The largest absolute Gasteiger partial charge is 0.486 e. The quantitative estimate of drug-likeness (QED) is 0.871. The molecular formula is C12H9NO5. The lowest BCUT2D eigenvalue weighted by atomic mass is 10.1. The Bertz CT molecular complexity index is 604. The summed E-state index contributed by atoms with van der Waals surface area (Å²) in [6.07, 6.45) is 0. The van der Waals surface area contributed by atoms with Crippen molar-refractivity contribution < 1.29 is 23.9 Å². The Balaban J connectivity index is 1.98. The Hall–Kier alpha value is -2.50. The lowest BCUT2D eigenvalue weighted by Gasteiger charge is -2.18. The molecule has 0 saturated heterocycles. The van der Waals surface area contributed by atoms with E-state index < -0.39 is 5.97 Å². The smallest absolute Gasteiger partial charge is 0.358 e. The molecule has 0 unspecified atom stereocenters. The first-order valence-corrected chi connectivity index (χ1v) is 5.34. The molecule has 92 valence electrons. The molecule has 1 aromatic heterocycles. The van der Waals surface area contributed by atoms with Crippen molar-refractivity contribution in [2.24, 2.45) is 0 Å². The minimum Gasteiger partial charge on any atom is -0.486 e. The van der Waals surface area contributed by atoms with E-state index in [9.17, 15) is 4.79 Å². The van der Waals surface area contributed by atoms with Crippen molar-refractivity contribution in [2.45, 2.75) is 0 Å². The molecule has 0 bridgehead atoms. The molecule has 0 spiro atoms. The average molecular weight is 247 g/mol. The minimum absolute atomic E-state index is 0.125. The fourth-order valence-electron chi connectivity index (χ4n) is 1.71. The summed E-state index contributed by atoms with van der Waals surface area (Å²) in [6, 6.07) is 6.63. The van der Waals surface area contributed by atoms with Crippen LogP contribution in [-0.4, -0.2) is 29.4 Å². The molecule has 2 heterocycles. The van der Waals surface area contributed by atoms with Crippen molar-refractivity contribution >= 4 is 5.97 Å². The zero-order chi connectivity index (χ0) is 12.5. The standard InChI is InChI=1S/C12H9NO5/c14-12(15)8-6-10(18-13-8)7-1-2-9-11(5-7)17-4-3-16-9/h1-2,5-6H,3-4H2,(H,14,15). The zero-order valence-electron chi connectivity index (χ0n) is 9.25. The Kier molecular flexibility index (Phi) is 2.40. The summed E-state index contributed by atoms with van der Waals surface area (Å²) in [5, 5.41) is 12.2. The Labute approximate surface area is 102 Å². The van der Waals surface area contributed by atoms with Crippen LogP contribution in [0.15, 0.2) is 28.8 Å². The van der Waals surface area contributed by atoms with Crippen molar-refractivity contribution in [1.82, 2.24) is 5.16 Å². The van der Waals surface area contributed by atoms with Crippen LogP contribution in [0.4, 0.5) is 0 Å². The molecule has 0 radical (unpaired) electrons. The summed E-state index contributed by atoms with van der Waals surface area (Å²) >= 11 is 0. The van der Waals surface area contributed by atoms with E-state index in [0.29, 0.717) is 36.0 Å². The fraction of sp³-hybridized carbons (Fsp3) is 0.167. The first-order valence-electron chi connectivity index (χ1n) is 5.34. The first kappa shape index (κ1) is 10.6. The molecule has 1 aliphatic rings. The number of aromatic nitrogens is 1. The highest BCUT2D eigenvalue weighted by atomic mass is 16.6. The summed E-state index contributed by atoms with van der Waals surface area (Å²) in [6.45, 7) is 1.02. The van der Waals surface area contributed by atoms with Gasteiger partial charge in [-0.2, -0.15) is 0 Å². The van der Waals surface area contributed by atoms with Crippen LogP contribution in [0, 0.1) is 0 Å². The molecule has 6 heteroatoms. The normalized spacial score (nSPS) is 13.3. The highest BCUT2D eigenvalue weighted by Gasteiger charge is 2.16. The SMILES string of the molecule is O=C(O)c1cc(-c2ccc3c(c2)OCCO3)on1. The van der Waals surface area contributed by atoms with Gasteiger partial charge in [0.2, 0.25) is 0 Å². The molecule has 0 aliphatic carbocycles. The van der Waals surface area contributed by atoms with Crippen LogP contribution >= 0.6 is 0 Å². The average Bonchev–Trinajstić information content (AvgIpc) is 2.88. The summed E-state index contributed by atoms with van der Waals surface area (Å²) in [4.78, 5) is 10.7. The number of hydrogen-bond acceptors (Lipinski definition) is 5. The predicted molar refractivity (Wildman–Crippen MR) is 59.9 cm³/mol. The third kappa shape index (κ3) is 1.77. The number of nitrogens with zero attached hydrogens (tertiary/aromatic N) is 1. The van der Waals surface area contributed by atoms with E-state index in [1.54, 1.807) is 18.2 Å². The van der Waals surface area contributed by atoms with E-state index >= 15 is 0 Å². The summed E-state index contributed by atoms with van der Waals surface area (Å²) in [7, 11) is 0. The molecule has 0 fully saturated rings. The van der Waals surface area contributed by atoms with E-state index in [2.05, 4.69) is 5.16 Å². The summed E-state index contributed by atoms with van der Waals surface area (Å²) < 4.78 is 15.8. The predicted octanol–water partition coefficient (Wildman–Crippen LogP) is 1.81. The van der Waals surface area contributed by atoms with Gasteiger partial charge < -0.3 is 19.1 Å². The molecular weight excluding hydrogens is 238 g/mol. The van der Waals surface area contributed by atoms with Gasteiger partial charge in [0.1, 0.15) is 13.2 Å². The molecule has 0 amide bonds. The van der Waals surface area contributed by atoms with Crippen LogP contribution in [0.5, 0.6) is 11.5 Å². The lowest BCUT2D eigenvalue weighted by molar-refractivity contribution is 0.0686. The highest BCUT2D eigenvalue weighted by molar-refractivity contribution is 5.86. The third-order valence-electron chi connectivity index (χ3n) is 2.56. The molecule has 0 saturated carbocycles. The van der Waals surface area contributed by atoms with E-state index in [1.165, 1.54) is 6.07 Å². The third-order valence-corrected chi connectivity index (χ3v) is 2.56. The van der Waals surface area contributed by atoms with Gasteiger partial charge in [0.15, 0.2) is 23.0 Å². The van der Waals surface area contributed by atoms with Gasteiger partial charge in [0, 0.05) is 11.6 Å². The zero-order valence-corrected chi connectivity index (χ0v) is 9.25. The van der Waals surface area contributed by atoms with Crippen molar-refractivity contribution in [3.8, 4) is 22.8 Å². The number of carbonyl (C=O) groups is 1. The molecule has 1 aromatic carbocycles. The van der Waals surface area contributed by atoms with Gasteiger partial charge >= 0.3 is 5.97 Å². The van der Waals surface area contributed by atoms with Gasteiger partial charge in [0.25, 0.3) is 0 Å². The van der Waals surface area contributed by atoms with Crippen LogP contribution in [0.1, 0.15) is 10.5 Å². The number of aromatic carboxylic acids is 1. The second-order valence-corrected chi connectivity index (χ2v) is 3.74. The fourth-order valence-corrected chi connectivity index (χ4v) is 1.71. The van der Waals surface area contributed by atoms with E-state index in [-0.39, 0.29) is 5.69 Å². The first-order chi connectivity index (χ1) is 8.74. The topological polar surface area (TPSA) is 81.8 Å². The van der Waals surface area contributed by atoms with Crippen molar-refractivity contribution in [3.05, 3.63) is 30.0 Å². The number of rotatable bonds is 2. The maximum absolute atomic E-state index is 10.7. The van der Waals surface area contributed by atoms with Gasteiger partial charge in [0.05, 0.1) is 0 Å². The Morgan fingerprint density at radius 2 is 1.94 bits per heavy atom. The number of hydrogen-bond donors (Lipinski definition) is 1. The van der Waals surface area contributed by atoms with Crippen LogP contribution in [0.25, 0.3) is 11.3 Å². The van der Waals surface area contributed by atoms with E-state index in [1.807, 2.05) is 0 Å². The van der Waals surface area contributed by atoms with Gasteiger partial charge in [-0.3, -0.25) is 0 Å². The van der Waals surface area contributed by atoms with Crippen molar-refractivity contribution in [2.75, 3.05) is 13.2 Å².